The van der Waals surface area contributed by atoms with E-state index in [1.807, 2.05) is 0 Å². The van der Waals surface area contributed by atoms with Crippen LogP contribution in [0.3, 0.4) is 0 Å². The lowest BCUT2D eigenvalue weighted by Gasteiger charge is -2.32. The van der Waals surface area contributed by atoms with Gasteiger partial charge in [-0.15, -0.1) is 0 Å². The van der Waals surface area contributed by atoms with Crippen molar-refractivity contribution in [2.75, 3.05) is 25.8 Å². The van der Waals surface area contributed by atoms with Gasteiger partial charge in [-0.1, -0.05) is 19.1 Å². The molecule has 0 radical (unpaired) electrons. The van der Waals surface area contributed by atoms with Crippen molar-refractivity contribution in [3.05, 3.63) is 29.8 Å². The van der Waals surface area contributed by atoms with Crippen LogP contribution in [0.25, 0.3) is 0 Å². The maximum Gasteiger partial charge on any atom is 0.175 e. The number of piperidine rings is 1. The minimum Gasteiger partial charge on any atom is -0.303 e. The van der Waals surface area contributed by atoms with E-state index in [0.717, 1.165) is 0 Å². The predicted molar refractivity (Wildman–Crippen MR) is 78.3 cm³/mol. The van der Waals surface area contributed by atoms with Gasteiger partial charge in [-0.25, -0.2) is 8.42 Å². The molecule has 1 fully saturated rings. The van der Waals surface area contributed by atoms with Crippen LogP contribution >= 0.6 is 0 Å². The smallest absolute Gasteiger partial charge is 0.175 e. The Morgan fingerprint density at radius 1 is 1.53 bits per heavy atom. The average Bonchev–Trinajstić information content (AvgIpc) is 2.53. The van der Waals surface area contributed by atoms with Crippen LogP contribution < -0.4 is 0 Å². The number of rotatable bonds is 4. The number of sulfone groups is 1. The molecule has 0 amide bonds. The largest absolute Gasteiger partial charge is 0.303 e. The third kappa shape index (κ3) is 3.80. The maximum absolute atomic E-state index is 12.2. The molecule has 2 rings (SSSR count). The lowest BCUT2D eigenvalue weighted by Crippen LogP contribution is -2.34. The number of hydrogen-bond donors (Lipinski definition) is 0. The van der Waals surface area contributed by atoms with E-state index in [0.29, 0.717) is 24.9 Å². The quantitative estimate of drug-likeness (QED) is 0.855. The maximum atomic E-state index is 12.2. The number of nitrogens with zero attached hydrogens (tertiary/aromatic N) is 1. The highest BCUT2D eigenvalue weighted by Crippen LogP contribution is 2.28. The van der Waals surface area contributed by atoms with Gasteiger partial charge < -0.3 is 4.90 Å². The standard InChI is InChI=1S/C15H23NO2S/c1-3-9-16-10-5-7-14(12-16)13-6-4-8-15(11-13)19(2,17)18/h4,6,8,11,14H,3,5,7,9-10,12H2,1-2H3/t14-/m1/s1/i2D3,3D2,9D2. The second-order valence-corrected chi connectivity index (χ2v) is 6.20. The summed E-state index contributed by atoms with van der Waals surface area (Å²) in [5.74, 6) is -0.201. The van der Waals surface area contributed by atoms with E-state index < -0.39 is 28.9 Å². The Hall–Kier alpha value is -0.870. The molecule has 1 aliphatic heterocycles. The molecule has 3 nitrogen and oxygen atoms in total. The van der Waals surface area contributed by atoms with E-state index >= 15 is 0 Å². The van der Waals surface area contributed by atoms with E-state index in [9.17, 15) is 8.42 Å². The van der Waals surface area contributed by atoms with Crippen LogP contribution in [-0.2, 0) is 9.84 Å². The summed E-state index contributed by atoms with van der Waals surface area (Å²) >= 11 is 0. The summed E-state index contributed by atoms with van der Waals surface area (Å²) in [6, 6.07) is 5.77. The molecule has 0 bridgehead atoms. The van der Waals surface area contributed by atoms with Crippen molar-refractivity contribution in [2.24, 2.45) is 0 Å². The molecule has 1 aliphatic rings. The van der Waals surface area contributed by atoms with Crippen LogP contribution in [0, 0.1) is 0 Å². The average molecular weight is 288 g/mol. The third-order valence-electron chi connectivity index (χ3n) is 3.33. The van der Waals surface area contributed by atoms with Gasteiger partial charge in [-0.2, -0.15) is 0 Å². The molecule has 4 heteroatoms. The lowest BCUT2D eigenvalue weighted by atomic mass is 9.90. The summed E-state index contributed by atoms with van der Waals surface area (Å²) in [6.07, 6.45) is -3.87. The van der Waals surface area contributed by atoms with Crippen LogP contribution in [0.15, 0.2) is 29.2 Å². The van der Waals surface area contributed by atoms with Crippen molar-refractivity contribution >= 4 is 9.84 Å². The fourth-order valence-electron chi connectivity index (χ4n) is 2.44. The zero-order valence-corrected chi connectivity index (χ0v) is 11.7. The Morgan fingerprint density at radius 2 is 2.37 bits per heavy atom. The number of likely N-dealkylation sites (tertiary alicyclic amines) is 1. The van der Waals surface area contributed by atoms with Gasteiger partial charge >= 0.3 is 0 Å². The topological polar surface area (TPSA) is 37.4 Å². The Labute approximate surface area is 126 Å². The Kier molecular flexibility index (Phi) is 2.48. The zero-order valence-electron chi connectivity index (χ0n) is 17.9. The molecular formula is C15H23NO2S. The second kappa shape index (κ2) is 6.06. The first-order chi connectivity index (χ1) is 11.7. The summed E-state index contributed by atoms with van der Waals surface area (Å²) in [5.41, 5.74) is 0.618. The molecule has 1 atom stereocenters. The molecule has 1 heterocycles. The van der Waals surface area contributed by atoms with Gasteiger partial charge in [-0.05, 0) is 55.9 Å². The van der Waals surface area contributed by atoms with Crippen LogP contribution in [-0.4, -0.2) is 39.1 Å². The highest BCUT2D eigenvalue weighted by atomic mass is 32.2. The molecule has 1 saturated heterocycles. The lowest BCUT2D eigenvalue weighted by molar-refractivity contribution is 0.208. The molecule has 19 heavy (non-hydrogen) atoms. The van der Waals surface area contributed by atoms with E-state index in [1.165, 1.54) is 30.0 Å². The highest BCUT2D eigenvalue weighted by Gasteiger charge is 2.21. The molecular weight excluding hydrogens is 258 g/mol. The summed E-state index contributed by atoms with van der Waals surface area (Å²) in [4.78, 5) is 1.16. The summed E-state index contributed by atoms with van der Waals surface area (Å²) in [7, 11) is -4.45. The summed E-state index contributed by atoms with van der Waals surface area (Å²) in [6.45, 7) is -0.323. The van der Waals surface area contributed by atoms with Gasteiger partial charge in [0.2, 0.25) is 0 Å². The van der Waals surface area contributed by atoms with Crippen LogP contribution in [0.2, 0.25) is 0 Å². The van der Waals surface area contributed by atoms with Crippen molar-refractivity contribution in [1.82, 2.24) is 4.90 Å². The van der Waals surface area contributed by atoms with E-state index in [4.69, 9.17) is 9.60 Å². The van der Waals surface area contributed by atoms with E-state index in [2.05, 4.69) is 0 Å². The van der Waals surface area contributed by atoms with Crippen LogP contribution in [0.1, 0.15) is 47.2 Å². The fraction of sp³-hybridized carbons (Fsp3) is 0.600. The van der Waals surface area contributed by atoms with Crippen LogP contribution in [0.4, 0.5) is 0 Å². The first-order valence-corrected chi connectivity index (χ1v) is 7.76. The summed E-state index contributed by atoms with van der Waals surface area (Å²) < 4.78 is 77.6. The fourth-order valence-corrected chi connectivity index (χ4v) is 2.99. The molecule has 1 aromatic carbocycles. The van der Waals surface area contributed by atoms with Gasteiger partial charge in [0.05, 0.1) is 4.90 Å². The molecule has 0 unspecified atom stereocenters. The zero-order chi connectivity index (χ0) is 20.0. The molecule has 0 N–H and O–H groups in total. The van der Waals surface area contributed by atoms with Gasteiger partial charge in [0.25, 0.3) is 0 Å². The minimum absolute atomic E-state index is 0.201. The van der Waals surface area contributed by atoms with Crippen LogP contribution in [0.5, 0.6) is 0 Å². The van der Waals surface area contributed by atoms with Gasteiger partial charge in [-0.3, -0.25) is 0 Å². The van der Waals surface area contributed by atoms with Crippen molar-refractivity contribution in [3.63, 3.8) is 0 Å². The van der Waals surface area contributed by atoms with E-state index in [1.54, 1.807) is 6.07 Å². The van der Waals surface area contributed by atoms with Crippen molar-refractivity contribution in [3.8, 4) is 0 Å². The number of hydrogen-bond acceptors (Lipinski definition) is 3. The van der Waals surface area contributed by atoms with Gasteiger partial charge in [0.1, 0.15) is 0 Å². The van der Waals surface area contributed by atoms with Crippen molar-refractivity contribution < 1.29 is 18.0 Å². The predicted octanol–water partition coefficient (Wildman–Crippen LogP) is 2.68. The molecule has 0 spiro atoms. The number of benzene rings is 1. The first kappa shape index (κ1) is 7.79. The monoisotopic (exact) mass is 288 g/mol. The molecule has 1 aromatic rings. The van der Waals surface area contributed by atoms with Crippen molar-refractivity contribution in [2.45, 2.75) is 37.0 Å². The highest BCUT2D eigenvalue weighted by molar-refractivity contribution is 7.90. The second-order valence-electron chi connectivity index (χ2n) is 4.72. The minimum atomic E-state index is -4.45. The SMILES string of the molecule is [2H]C([2H])(C)C([2H])([2H])N1CCC[C@@H](c2cccc(S(=O)(=O)C([2H])([2H])[2H])c2)C1. The molecule has 0 aromatic heterocycles. The molecule has 0 saturated carbocycles. The Bertz CT molecular complexity index is 756. The normalized spacial score (nSPS) is 29.1. The molecule has 0 aliphatic carbocycles. The first-order valence-electron chi connectivity index (χ1n) is 9.77. The molecule has 106 valence electrons. The Morgan fingerprint density at radius 3 is 3.11 bits per heavy atom. The van der Waals surface area contributed by atoms with Crippen molar-refractivity contribution in [1.29, 1.82) is 0 Å². The van der Waals surface area contributed by atoms with Gasteiger partial charge in [0.15, 0.2) is 9.84 Å². The van der Waals surface area contributed by atoms with E-state index in [-0.39, 0.29) is 17.4 Å². The Balaban J connectivity index is 2.31. The van der Waals surface area contributed by atoms with Gasteiger partial charge in [0, 0.05) is 22.3 Å². The third-order valence-corrected chi connectivity index (χ3v) is 4.21. The summed E-state index contributed by atoms with van der Waals surface area (Å²) in [5, 5.41) is 0.